The summed E-state index contributed by atoms with van der Waals surface area (Å²) in [6.07, 6.45) is 4.11. The molecule has 8 heteroatoms. The lowest BCUT2D eigenvalue weighted by Crippen LogP contribution is -2.38. The summed E-state index contributed by atoms with van der Waals surface area (Å²) in [7, 11) is 0. The lowest BCUT2D eigenvalue weighted by molar-refractivity contribution is -0.166. The number of hydrogen-bond donors (Lipinski definition) is 1. The fraction of sp³-hybridized carbons (Fsp3) is 0.722. The van der Waals surface area contributed by atoms with Gasteiger partial charge in [-0.1, -0.05) is 27.2 Å². The normalized spacial score (nSPS) is 31.9. The minimum absolute atomic E-state index is 0.0598. The minimum Gasteiger partial charge on any atom is -0.459 e. The highest BCUT2D eigenvalue weighted by Crippen LogP contribution is 2.37. The highest BCUT2D eigenvalue weighted by Gasteiger charge is 2.38. The van der Waals surface area contributed by atoms with Crippen molar-refractivity contribution in [3.05, 3.63) is 22.7 Å². The van der Waals surface area contributed by atoms with Crippen LogP contribution in [0.2, 0.25) is 0 Å². The monoisotopic (exact) mass is 384 g/mol. The molecular formula is C18H27N3O4S. The number of nitrogen functional groups attached to an aromatic ring is 1. The molecule has 0 bridgehead atoms. The van der Waals surface area contributed by atoms with Crippen molar-refractivity contribution >= 4 is 23.5 Å². The molecule has 5 atom stereocenters. The Labute approximate surface area is 157 Å². The van der Waals surface area contributed by atoms with Crippen LogP contribution in [-0.2, 0) is 14.3 Å². The maximum atomic E-state index is 12.6. The van der Waals surface area contributed by atoms with Gasteiger partial charge in [-0.05, 0) is 36.7 Å². The van der Waals surface area contributed by atoms with Crippen LogP contribution < -0.4 is 11.4 Å². The van der Waals surface area contributed by atoms with E-state index in [1.54, 1.807) is 6.20 Å². The first-order valence-electron chi connectivity index (χ1n) is 9.17. The van der Waals surface area contributed by atoms with E-state index in [-0.39, 0.29) is 17.9 Å². The van der Waals surface area contributed by atoms with E-state index in [1.807, 2.05) is 0 Å². The Morgan fingerprint density at radius 1 is 1.46 bits per heavy atom. The third kappa shape index (κ3) is 4.23. The summed E-state index contributed by atoms with van der Waals surface area (Å²) in [5, 5.41) is 0. The number of nitrogens with two attached hydrogens (primary N) is 1. The number of nitrogens with zero attached hydrogens (tertiary/aromatic N) is 2. The first-order chi connectivity index (χ1) is 12.3. The maximum Gasteiger partial charge on any atom is 0.351 e. The maximum absolute atomic E-state index is 12.6. The Bertz CT molecular complexity index is 708. The van der Waals surface area contributed by atoms with Crippen molar-refractivity contribution in [2.75, 3.05) is 11.5 Å². The van der Waals surface area contributed by atoms with Crippen LogP contribution in [0, 0.1) is 17.8 Å². The van der Waals surface area contributed by atoms with Gasteiger partial charge in [-0.25, -0.2) is 9.59 Å². The summed E-state index contributed by atoms with van der Waals surface area (Å²) < 4.78 is 13.0. The predicted octanol–water partition coefficient (Wildman–Crippen LogP) is 2.42. The molecule has 1 aliphatic carbocycles. The van der Waals surface area contributed by atoms with Crippen molar-refractivity contribution in [3.8, 4) is 0 Å². The van der Waals surface area contributed by atoms with Gasteiger partial charge >= 0.3 is 11.7 Å². The van der Waals surface area contributed by atoms with Crippen LogP contribution in [0.15, 0.2) is 17.1 Å². The molecule has 2 N–H and O–H groups in total. The lowest BCUT2D eigenvalue weighted by atomic mass is 9.75. The van der Waals surface area contributed by atoms with E-state index in [4.69, 9.17) is 15.2 Å². The Kier molecular flexibility index (Phi) is 5.92. The standard InChI is InChI=1S/C18H27N3O4S/c1-10(2)12-5-4-11(3)8-13(12)24-16(22)17-25-15(9-26-17)21-7-6-14(19)20-18(21)23/h6-7,10-13,15,17H,4-5,8-9H2,1-3H3,(H2,19,20,23)/t11-,12+,13-,15+,17?/m1/s1/i18+1,20+1,21+1. The van der Waals surface area contributed by atoms with Crippen LogP contribution in [0.3, 0.4) is 0 Å². The van der Waals surface area contributed by atoms with E-state index in [0.29, 0.717) is 23.5 Å². The third-order valence-electron chi connectivity index (χ3n) is 5.25. The quantitative estimate of drug-likeness (QED) is 0.796. The Morgan fingerprint density at radius 2 is 2.23 bits per heavy atom. The van der Waals surface area contributed by atoms with Crippen LogP contribution in [-0.4, -0.2) is 32.8 Å². The van der Waals surface area contributed by atoms with E-state index in [1.165, 1.54) is 28.8 Å². The number of anilines is 1. The van der Waals surface area contributed by atoms with Gasteiger partial charge in [0.1, 0.15) is 18.1 Å². The summed E-state index contributed by atoms with van der Waals surface area (Å²) in [4.78, 5) is 28.3. The number of rotatable bonds is 4. The highest BCUT2D eigenvalue weighted by atomic mass is 32.2. The van der Waals surface area contributed by atoms with Crippen molar-refractivity contribution in [3.63, 3.8) is 0 Å². The second-order valence-electron chi connectivity index (χ2n) is 7.60. The van der Waals surface area contributed by atoms with Crippen molar-refractivity contribution < 1.29 is 14.3 Å². The summed E-state index contributed by atoms with van der Waals surface area (Å²) in [6, 6.07) is 1.54. The van der Waals surface area contributed by atoms with Crippen LogP contribution in [0.25, 0.3) is 0 Å². The molecule has 0 aromatic carbocycles. The highest BCUT2D eigenvalue weighted by molar-refractivity contribution is 8.00. The molecule has 1 saturated carbocycles. The van der Waals surface area contributed by atoms with Gasteiger partial charge in [-0.3, -0.25) is 4.57 Å². The molecule has 144 valence electrons. The largest absolute Gasteiger partial charge is 0.459 e. The summed E-state index contributed by atoms with van der Waals surface area (Å²) in [5.74, 6) is 1.73. The average Bonchev–Trinajstić information content (AvgIpc) is 3.04. The molecule has 1 unspecified atom stereocenters. The first-order valence-corrected chi connectivity index (χ1v) is 10.2. The average molecular weight is 384 g/mol. The molecule has 7 nitrogen and oxygen atoms in total. The predicted molar refractivity (Wildman–Crippen MR) is 101 cm³/mol. The summed E-state index contributed by atoms with van der Waals surface area (Å²) >= 11 is 1.35. The fourth-order valence-electron chi connectivity index (χ4n) is 3.76. The van der Waals surface area contributed by atoms with Crippen molar-refractivity contribution in [2.24, 2.45) is 17.8 Å². The molecule has 1 aliphatic heterocycles. The first kappa shape index (κ1) is 19.2. The molecule has 2 heterocycles. The number of aromatic nitrogens is 2. The molecule has 3 rings (SSSR count). The molecule has 0 spiro atoms. The molecule has 0 radical (unpaired) electrons. The Morgan fingerprint density at radius 3 is 2.92 bits per heavy atom. The zero-order valence-electron chi connectivity index (χ0n) is 15.5. The van der Waals surface area contributed by atoms with Gasteiger partial charge in [0.2, 0.25) is 5.44 Å². The number of carbonyl (C=O) groups excluding carboxylic acids is 1. The van der Waals surface area contributed by atoms with Crippen molar-refractivity contribution in [1.82, 2.24) is 9.55 Å². The second kappa shape index (κ2) is 8.00. The van der Waals surface area contributed by atoms with E-state index < -0.39 is 17.4 Å². The van der Waals surface area contributed by atoms with Crippen LogP contribution in [0.5, 0.6) is 0 Å². The molecule has 0 amide bonds. The van der Waals surface area contributed by atoms with Gasteiger partial charge in [-0.15, -0.1) is 11.8 Å². The van der Waals surface area contributed by atoms with Crippen molar-refractivity contribution in [1.29, 1.82) is 0 Å². The Hall–Kier alpha value is -1.54. The minimum atomic E-state index is -0.713. The zero-order valence-corrected chi connectivity index (χ0v) is 16.3. The van der Waals surface area contributed by atoms with Crippen LogP contribution >= 0.6 is 11.8 Å². The summed E-state index contributed by atoms with van der Waals surface area (Å²) in [6.45, 7) is 6.56. The van der Waals surface area contributed by atoms with Gasteiger partial charge in [0, 0.05) is 11.9 Å². The molecule has 26 heavy (non-hydrogen) atoms. The smallest absolute Gasteiger partial charge is 0.351 e. The van der Waals surface area contributed by atoms with E-state index in [9.17, 15) is 9.59 Å². The van der Waals surface area contributed by atoms with Crippen LogP contribution in [0.1, 0.15) is 46.3 Å². The number of hydrogen-bond acceptors (Lipinski definition) is 7. The molecule has 2 aliphatic rings. The van der Waals surface area contributed by atoms with Crippen molar-refractivity contribution in [2.45, 2.75) is 57.8 Å². The second-order valence-corrected chi connectivity index (χ2v) is 8.69. The molecule has 2 fully saturated rings. The van der Waals surface area contributed by atoms with Gasteiger partial charge in [0.25, 0.3) is 0 Å². The van der Waals surface area contributed by atoms with Gasteiger partial charge in [0.15, 0.2) is 0 Å². The zero-order chi connectivity index (χ0) is 18.8. The summed E-state index contributed by atoms with van der Waals surface area (Å²) in [5.41, 5.74) is 4.32. The molecule has 1 aromatic rings. The molecule has 1 aromatic heterocycles. The van der Waals surface area contributed by atoms with Gasteiger partial charge < -0.3 is 15.2 Å². The molecule has 1 saturated heterocycles. The van der Waals surface area contributed by atoms with E-state index in [2.05, 4.69) is 25.8 Å². The van der Waals surface area contributed by atoms with Gasteiger partial charge in [-0.2, -0.15) is 4.98 Å². The number of carbonyl (C=O) groups is 1. The van der Waals surface area contributed by atoms with E-state index in [0.717, 1.165) is 12.8 Å². The SMILES string of the molecule is CC(C)[C@@H]1CC[C@@H](C)C[C@H]1OC(=O)C1O[C@H]([15n]2ccc(N)[15n][13c]2=O)CS1. The van der Waals surface area contributed by atoms with E-state index >= 15 is 0 Å². The third-order valence-corrected chi connectivity index (χ3v) is 6.34. The van der Waals surface area contributed by atoms with Crippen LogP contribution in [0.4, 0.5) is 5.82 Å². The molecular weight excluding hydrogens is 357 g/mol. The fourth-order valence-corrected chi connectivity index (χ4v) is 4.74. The van der Waals surface area contributed by atoms with Gasteiger partial charge in [0.05, 0.1) is 0 Å². The number of ether oxygens (including phenoxy) is 2. The Balaban J connectivity index is 1.63. The topological polar surface area (TPSA) is 96.4 Å². The number of thioether (sulfide) groups is 1. The lowest BCUT2D eigenvalue weighted by Gasteiger charge is -2.37. The number of esters is 1.